The number of halogens is 1. The van der Waals surface area contributed by atoms with Gasteiger partial charge in [0.05, 0.1) is 0 Å². The molecule has 40 valence electrons. The molecule has 8 heteroatoms. The Labute approximate surface area is 80.0 Å². The molecule has 0 spiro atoms. The van der Waals surface area contributed by atoms with E-state index in [1.165, 1.54) is 0 Å². The molecular formula is ClMg2O5+. The van der Waals surface area contributed by atoms with E-state index < -0.39 is 10.2 Å². The molecule has 0 aliphatic rings. The van der Waals surface area contributed by atoms with Gasteiger partial charge in [-0.05, 0) is 0 Å². The Bertz CT molecular complexity index is 25.9. The fourth-order valence-electron chi connectivity index (χ4n) is 0. The third-order valence-electron chi connectivity index (χ3n) is 0. The van der Waals surface area contributed by atoms with Gasteiger partial charge in [-0.25, -0.2) is 18.6 Å². The Kier molecular flexibility index (Phi) is 24.4. The summed E-state index contributed by atoms with van der Waals surface area (Å²) in [5, 5.41) is 0. The summed E-state index contributed by atoms with van der Waals surface area (Å²) in [7, 11) is -4.94. The first-order valence-electron chi connectivity index (χ1n) is 0.617. The van der Waals surface area contributed by atoms with Crippen molar-refractivity contribution in [2.24, 2.45) is 0 Å². The Morgan fingerprint density at radius 1 is 0.750 bits per heavy atom. The minimum absolute atomic E-state index is 0. The molecular weight excluding hydrogens is 164 g/mol. The van der Waals surface area contributed by atoms with Gasteiger partial charge in [0.25, 0.3) is 0 Å². The first-order valence-corrected chi connectivity index (χ1v) is 1.85. The van der Waals surface area contributed by atoms with Crippen LogP contribution in [-0.4, -0.2) is 46.1 Å². The summed E-state index contributed by atoms with van der Waals surface area (Å²) in [5.41, 5.74) is 0. The predicted molar refractivity (Wildman–Crippen MR) is 12.2 cm³/mol. The second-order valence-electron chi connectivity index (χ2n) is 0.378. The Hall–Kier alpha value is 1.62. The van der Waals surface area contributed by atoms with Gasteiger partial charge in [-0.1, -0.05) is 0 Å². The minimum atomic E-state index is -4.94. The number of hydrogen-bond acceptors (Lipinski definition) is 4. The predicted octanol–water partition coefficient (Wildman–Crippen LogP) is -5.64. The SMILES string of the molecule is [Mg+2].[Mg+2].[O-2].[O-][Cl+3]([O-])([O-])[O-]. The fourth-order valence-corrected chi connectivity index (χ4v) is 0. The van der Waals surface area contributed by atoms with E-state index in [4.69, 9.17) is 18.6 Å². The largest absolute Gasteiger partial charge is 2.00 e. The molecule has 0 fully saturated rings. The standard InChI is InChI=1S/ClHO4.2Mg.O/c2-1(3,4)5;;;/h(H,2,3,4,5);;;/q;2*+2;-2/p-1. The van der Waals surface area contributed by atoms with Crippen molar-refractivity contribution in [2.45, 2.75) is 0 Å². The van der Waals surface area contributed by atoms with Crippen molar-refractivity contribution in [1.82, 2.24) is 0 Å². The van der Waals surface area contributed by atoms with Gasteiger partial charge >= 0.3 is 46.1 Å². The van der Waals surface area contributed by atoms with Crippen LogP contribution < -0.4 is 18.6 Å². The van der Waals surface area contributed by atoms with Crippen molar-refractivity contribution < 1.29 is 34.4 Å². The molecule has 0 heterocycles. The number of rotatable bonds is 0. The van der Waals surface area contributed by atoms with Gasteiger partial charge in [-0.3, -0.25) is 0 Å². The third kappa shape index (κ3) is 127. The van der Waals surface area contributed by atoms with E-state index in [1.807, 2.05) is 0 Å². The van der Waals surface area contributed by atoms with Crippen LogP contribution in [0.1, 0.15) is 0 Å². The zero-order chi connectivity index (χ0) is 4.50. The Balaban J connectivity index is -0.0000000267. The van der Waals surface area contributed by atoms with Crippen molar-refractivity contribution in [3.63, 3.8) is 0 Å². The molecule has 8 heavy (non-hydrogen) atoms. The average molecular weight is 164 g/mol. The molecule has 0 aromatic carbocycles. The molecule has 0 amide bonds. The van der Waals surface area contributed by atoms with Crippen molar-refractivity contribution in [3.05, 3.63) is 0 Å². The van der Waals surface area contributed by atoms with Crippen LogP contribution in [0.3, 0.4) is 0 Å². The van der Waals surface area contributed by atoms with Gasteiger partial charge in [0, 0.05) is 0 Å². The third-order valence-corrected chi connectivity index (χ3v) is 0. The average Bonchev–Trinajstić information content (AvgIpc) is 0.722. The van der Waals surface area contributed by atoms with E-state index in [9.17, 15) is 0 Å². The molecule has 0 saturated heterocycles. The maximum atomic E-state index is 8.49. The molecule has 0 aromatic heterocycles. The first kappa shape index (κ1) is 22.6. The minimum Gasteiger partial charge on any atom is -2.00 e. The first-order chi connectivity index (χ1) is 2.00. The molecule has 0 rings (SSSR count). The van der Waals surface area contributed by atoms with Crippen LogP contribution in [0.15, 0.2) is 0 Å². The van der Waals surface area contributed by atoms with E-state index in [-0.39, 0.29) is 51.6 Å². The van der Waals surface area contributed by atoms with Crippen LogP contribution in [0.4, 0.5) is 0 Å². The van der Waals surface area contributed by atoms with Crippen LogP contribution in [0.5, 0.6) is 0 Å². The molecule has 0 radical (unpaired) electrons. The Morgan fingerprint density at radius 3 is 0.750 bits per heavy atom. The molecule has 0 atom stereocenters. The zero-order valence-corrected chi connectivity index (χ0v) is 7.42. The summed E-state index contributed by atoms with van der Waals surface area (Å²) in [6.45, 7) is 0. The normalized spacial score (nSPS) is 7.50. The summed E-state index contributed by atoms with van der Waals surface area (Å²) >= 11 is 0. The topological polar surface area (TPSA) is 121 Å². The molecule has 0 aromatic rings. The second kappa shape index (κ2) is 8.62. The zero-order valence-electron chi connectivity index (χ0n) is 3.83. The van der Waals surface area contributed by atoms with E-state index >= 15 is 0 Å². The quantitative estimate of drug-likeness (QED) is 0.331. The second-order valence-corrected chi connectivity index (χ2v) is 1.13. The van der Waals surface area contributed by atoms with Gasteiger partial charge in [-0.15, -0.1) is 10.2 Å². The van der Waals surface area contributed by atoms with Gasteiger partial charge < -0.3 is 5.48 Å². The molecule has 0 aliphatic heterocycles. The van der Waals surface area contributed by atoms with Crippen LogP contribution in [0.25, 0.3) is 0 Å². The van der Waals surface area contributed by atoms with Gasteiger partial charge in [0.15, 0.2) is 0 Å². The van der Waals surface area contributed by atoms with Crippen LogP contribution in [0.2, 0.25) is 0 Å². The smallest absolute Gasteiger partial charge is 2.00 e. The fraction of sp³-hybridized carbons (Fsp3) is 0. The molecule has 0 saturated carbocycles. The van der Waals surface area contributed by atoms with Crippen LogP contribution in [-0.2, 0) is 5.48 Å². The molecule has 0 unspecified atom stereocenters. The summed E-state index contributed by atoms with van der Waals surface area (Å²) in [6.07, 6.45) is 0. The van der Waals surface area contributed by atoms with E-state index in [0.29, 0.717) is 0 Å². The van der Waals surface area contributed by atoms with E-state index in [1.54, 1.807) is 0 Å². The maximum absolute atomic E-state index is 8.49. The molecule has 0 N–H and O–H groups in total. The molecule has 0 bridgehead atoms. The van der Waals surface area contributed by atoms with Gasteiger partial charge in [-0.2, -0.15) is 0 Å². The van der Waals surface area contributed by atoms with Gasteiger partial charge in [0.2, 0.25) is 0 Å². The van der Waals surface area contributed by atoms with E-state index in [2.05, 4.69) is 0 Å². The summed E-state index contributed by atoms with van der Waals surface area (Å²) < 4.78 is 34.0. The maximum Gasteiger partial charge on any atom is 2.00 e. The molecule has 0 aliphatic carbocycles. The summed E-state index contributed by atoms with van der Waals surface area (Å²) in [4.78, 5) is 0. The van der Waals surface area contributed by atoms with Crippen molar-refractivity contribution in [2.75, 3.05) is 0 Å². The van der Waals surface area contributed by atoms with Gasteiger partial charge in [0.1, 0.15) is 0 Å². The molecule has 5 nitrogen and oxygen atoms in total. The summed E-state index contributed by atoms with van der Waals surface area (Å²) in [6, 6.07) is 0. The van der Waals surface area contributed by atoms with E-state index in [0.717, 1.165) is 0 Å². The van der Waals surface area contributed by atoms with Crippen molar-refractivity contribution >= 4 is 46.1 Å². The Morgan fingerprint density at radius 2 is 0.750 bits per heavy atom. The number of hydrogen-bond donors (Lipinski definition) is 0. The van der Waals surface area contributed by atoms with Crippen molar-refractivity contribution in [1.29, 1.82) is 0 Å². The monoisotopic (exact) mass is 163 g/mol. The van der Waals surface area contributed by atoms with Crippen molar-refractivity contribution in [3.8, 4) is 0 Å². The van der Waals surface area contributed by atoms with Crippen LogP contribution >= 0.6 is 0 Å². The summed E-state index contributed by atoms with van der Waals surface area (Å²) in [5.74, 6) is 0. The van der Waals surface area contributed by atoms with Crippen LogP contribution in [0, 0.1) is 10.2 Å².